The zero-order valence-corrected chi connectivity index (χ0v) is 10.7. The van der Waals surface area contributed by atoms with Crippen molar-refractivity contribution in [2.75, 3.05) is 11.9 Å². The molecule has 3 nitrogen and oxygen atoms in total. The summed E-state index contributed by atoms with van der Waals surface area (Å²) in [5, 5.41) is 4.49. The van der Waals surface area contributed by atoms with Gasteiger partial charge in [-0.1, -0.05) is 6.92 Å². The van der Waals surface area contributed by atoms with Crippen molar-refractivity contribution < 1.29 is 4.42 Å². The fourth-order valence-electron chi connectivity index (χ4n) is 2.57. The minimum absolute atomic E-state index is 0.276. The maximum atomic E-state index is 11.4. The van der Waals surface area contributed by atoms with Gasteiger partial charge in [0.15, 0.2) is 0 Å². The van der Waals surface area contributed by atoms with Crippen LogP contribution < -0.4 is 10.9 Å². The summed E-state index contributed by atoms with van der Waals surface area (Å²) in [5.41, 5.74) is 3.83. The summed E-state index contributed by atoms with van der Waals surface area (Å²) in [7, 11) is 0. The smallest absolute Gasteiger partial charge is 0.336 e. The van der Waals surface area contributed by atoms with E-state index in [-0.39, 0.29) is 5.63 Å². The van der Waals surface area contributed by atoms with Crippen LogP contribution in [0.25, 0.3) is 11.0 Å². The first kappa shape index (κ1) is 11.3. The number of nitrogens with one attached hydrogen (secondary N) is 1. The summed E-state index contributed by atoms with van der Waals surface area (Å²) in [6.07, 6.45) is 2.28. The van der Waals surface area contributed by atoms with Crippen LogP contribution in [0.3, 0.4) is 0 Å². The highest BCUT2D eigenvalue weighted by molar-refractivity contribution is 5.85. The number of aryl methyl sites for hydroxylation is 2. The average molecular weight is 243 g/mol. The first-order valence-corrected chi connectivity index (χ1v) is 6.45. The minimum atomic E-state index is -0.276. The molecule has 1 aromatic heterocycles. The quantitative estimate of drug-likeness (QED) is 0.723. The van der Waals surface area contributed by atoms with Gasteiger partial charge in [0.25, 0.3) is 0 Å². The Morgan fingerprint density at radius 1 is 1.33 bits per heavy atom. The highest BCUT2D eigenvalue weighted by Gasteiger charge is 2.14. The second kappa shape index (κ2) is 4.16. The summed E-state index contributed by atoms with van der Waals surface area (Å²) in [4.78, 5) is 11.4. The lowest BCUT2D eigenvalue weighted by Crippen LogP contribution is -2.08. The Hall–Kier alpha value is -1.77. The van der Waals surface area contributed by atoms with Crippen LogP contribution in [0.15, 0.2) is 27.4 Å². The molecule has 1 aliphatic heterocycles. The van der Waals surface area contributed by atoms with E-state index in [0.29, 0.717) is 11.5 Å². The van der Waals surface area contributed by atoms with Crippen molar-refractivity contribution in [3.63, 3.8) is 0 Å². The molecular formula is C15H17NO2. The Bertz CT molecular complexity index is 657. The molecule has 0 spiro atoms. The van der Waals surface area contributed by atoms with Crippen LogP contribution in [0, 0.1) is 12.8 Å². The van der Waals surface area contributed by atoms with Gasteiger partial charge in [-0.3, -0.25) is 0 Å². The Labute approximate surface area is 106 Å². The van der Waals surface area contributed by atoms with E-state index in [2.05, 4.69) is 18.3 Å². The van der Waals surface area contributed by atoms with Crippen molar-refractivity contribution in [3.8, 4) is 0 Å². The van der Waals surface area contributed by atoms with Crippen molar-refractivity contribution in [1.82, 2.24) is 0 Å². The van der Waals surface area contributed by atoms with Gasteiger partial charge in [-0.15, -0.1) is 0 Å². The molecule has 0 unspecified atom stereocenters. The number of hydrogen-bond donors (Lipinski definition) is 1. The van der Waals surface area contributed by atoms with Gasteiger partial charge in [0, 0.05) is 29.8 Å². The molecule has 0 saturated carbocycles. The number of fused-ring (bicyclic) bond motifs is 2. The standard InChI is InChI=1S/C15H17NO2/c1-9-3-4-11-6-12-10(2)5-15(17)18-14(12)7-13(11)16-8-9/h5-7,9,16H,3-4,8H2,1-2H3/t9-/m0/s1. The molecule has 94 valence electrons. The molecule has 3 rings (SSSR count). The van der Waals surface area contributed by atoms with Crippen molar-refractivity contribution in [2.45, 2.75) is 26.7 Å². The lowest BCUT2D eigenvalue weighted by atomic mass is 10.0. The first-order valence-electron chi connectivity index (χ1n) is 6.45. The molecule has 1 atom stereocenters. The van der Waals surface area contributed by atoms with Crippen LogP contribution >= 0.6 is 0 Å². The van der Waals surface area contributed by atoms with Crippen molar-refractivity contribution in [2.24, 2.45) is 5.92 Å². The molecular weight excluding hydrogens is 226 g/mol. The SMILES string of the molecule is Cc1cc(=O)oc2cc3c(cc12)CC[C@H](C)CN3. The Balaban J connectivity index is 2.22. The molecule has 0 aliphatic carbocycles. The number of rotatable bonds is 0. The van der Waals surface area contributed by atoms with Gasteiger partial charge in [-0.05, 0) is 42.9 Å². The van der Waals surface area contributed by atoms with Crippen LogP contribution in [-0.4, -0.2) is 6.54 Å². The van der Waals surface area contributed by atoms with Crippen LogP contribution in [0.4, 0.5) is 5.69 Å². The van der Waals surface area contributed by atoms with Gasteiger partial charge in [-0.2, -0.15) is 0 Å². The second-order valence-corrected chi connectivity index (χ2v) is 5.28. The summed E-state index contributed by atoms with van der Waals surface area (Å²) < 4.78 is 5.28. The molecule has 0 fully saturated rings. The van der Waals surface area contributed by atoms with E-state index in [1.807, 2.05) is 13.0 Å². The maximum Gasteiger partial charge on any atom is 0.336 e. The van der Waals surface area contributed by atoms with Gasteiger partial charge in [0.2, 0.25) is 0 Å². The Morgan fingerprint density at radius 3 is 3.00 bits per heavy atom. The van der Waals surface area contributed by atoms with E-state index < -0.39 is 0 Å². The van der Waals surface area contributed by atoms with Gasteiger partial charge >= 0.3 is 5.63 Å². The van der Waals surface area contributed by atoms with Gasteiger partial charge in [-0.25, -0.2) is 4.79 Å². The summed E-state index contributed by atoms with van der Waals surface area (Å²) in [6.45, 7) is 5.19. The molecule has 1 N–H and O–H groups in total. The predicted octanol–water partition coefficient (Wildman–Crippen LogP) is 3.10. The third-order valence-electron chi connectivity index (χ3n) is 3.72. The Morgan fingerprint density at radius 2 is 2.17 bits per heavy atom. The van der Waals surface area contributed by atoms with Gasteiger partial charge in [0.1, 0.15) is 5.58 Å². The van der Waals surface area contributed by atoms with Crippen LogP contribution in [0.5, 0.6) is 0 Å². The van der Waals surface area contributed by atoms with Gasteiger partial charge in [0.05, 0.1) is 0 Å². The normalized spacial score (nSPS) is 19.1. The van der Waals surface area contributed by atoms with E-state index in [9.17, 15) is 4.79 Å². The average Bonchev–Trinajstić information content (AvgIpc) is 2.50. The number of hydrogen-bond acceptors (Lipinski definition) is 3. The monoisotopic (exact) mass is 243 g/mol. The molecule has 0 radical (unpaired) electrons. The van der Waals surface area contributed by atoms with Crippen LogP contribution in [0.2, 0.25) is 0 Å². The predicted molar refractivity (Wildman–Crippen MR) is 73.2 cm³/mol. The van der Waals surface area contributed by atoms with Gasteiger partial charge < -0.3 is 9.73 Å². The van der Waals surface area contributed by atoms with E-state index in [1.54, 1.807) is 6.07 Å². The Kier molecular flexibility index (Phi) is 2.62. The third-order valence-corrected chi connectivity index (χ3v) is 3.72. The van der Waals surface area contributed by atoms with E-state index in [0.717, 1.165) is 29.6 Å². The highest BCUT2D eigenvalue weighted by atomic mass is 16.4. The summed E-state index contributed by atoms with van der Waals surface area (Å²) in [5.74, 6) is 0.675. The molecule has 2 heterocycles. The lowest BCUT2D eigenvalue weighted by molar-refractivity contribution is 0.560. The molecule has 0 bridgehead atoms. The molecule has 18 heavy (non-hydrogen) atoms. The third kappa shape index (κ3) is 1.90. The molecule has 1 aliphatic rings. The van der Waals surface area contributed by atoms with Crippen molar-refractivity contribution in [1.29, 1.82) is 0 Å². The van der Waals surface area contributed by atoms with E-state index in [1.165, 1.54) is 12.0 Å². The summed E-state index contributed by atoms with van der Waals surface area (Å²) in [6, 6.07) is 5.69. The van der Waals surface area contributed by atoms with E-state index in [4.69, 9.17) is 4.42 Å². The molecule has 2 aromatic rings. The molecule has 3 heteroatoms. The van der Waals surface area contributed by atoms with E-state index >= 15 is 0 Å². The van der Waals surface area contributed by atoms with Crippen LogP contribution in [0.1, 0.15) is 24.5 Å². The zero-order chi connectivity index (χ0) is 12.7. The number of benzene rings is 1. The fraction of sp³-hybridized carbons (Fsp3) is 0.400. The van der Waals surface area contributed by atoms with Crippen LogP contribution in [-0.2, 0) is 6.42 Å². The highest BCUT2D eigenvalue weighted by Crippen LogP contribution is 2.29. The fourth-order valence-corrected chi connectivity index (χ4v) is 2.57. The summed E-state index contributed by atoms with van der Waals surface area (Å²) >= 11 is 0. The van der Waals surface area contributed by atoms with Crippen molar-refractivity contribution >= 4 is 16.7 Å². The largest absolute Gasteiger partial charge is 0.423 e. The molecule has 1 aromatic carbocycles. The second-order valence-electron chi connectivity index (χ2n) is 5.28. The zero-order valence-electron chi connectivity index (χ0n) is 10.7. The van der Waals surface area contributed by atoms with Crippen molar-refractivity contribution in [3.05, 3.63) is 39.7 Å². The topological polar surface area (TPSA) is 42.2 Å². The molecule has 0 amide bonds. The maximum absolute atomic E-state index is 11.4. The first-order chi connectivity index (χ1) is 8.63. The molecule has 0 saturated heterocycles. The minimum Gasteiger partial charge on any atom is -0.423 e. The number of anilines is 1. The lowest BCUT2D eigenvalue weighted by Gasteiger charge is -2.10.